The molecule has 0 saturated heterocycles. The summed E-state index contributed by atoms with van der Waals surface area (Å²) < 4.78 is 4.52. The fraction of sp³-hybridized carbons (Fsp3) is 0.364. The molecule has 0 bridgehead atoms. The highest BCUT2D eigenvalue weighted by atomic mass is 35.5. The van der Waals surface area contributed by atoms with Crippen LogP contribution in [0.3, 0.4) is 0 Å². The maximum absolute atomic E-state index is 11.2. The van der Waals surface area contributed by atoms with Crippen molar-refractivity contribution in [3.8, 4) is 0 Å². The molecule has 0 aliphatic heterocycles. The van der Waals surface area contributed by atoms with Crippen molar-refractivity contribution in [2.75, 3.05) is 13.7 Å². The Morgan fingerprint density at radius 2 is 2.18 bits per heavy atom. The lowest BCUT2D eigenvalue weighted by Gasteiger charge is -2.13. The minimum Gasteiger partial charge on any atom is -0.469 e. The maximum Gasteiger partial charge on any atom is 0.306 e. The first-order valence-electron chi connectivity index (χ1n) is 4.97. The van der Waals surface area contributed by atoms with Crippen molar-refractivity contribution < 1.29 is 14.5 Å². The van der Waals surface area contributed by atoms with Gasteiger partial charge in [-0.05, 0) is 11.6 Å². The molecule has 0 heterocycles. The van der Waals surface area contributed by atoms with E-state index in [4.69, 9.17) is 11.6 Å². The van der Waals surface area contributed by atoms with Crippen LogP contribution < -0.4 is 0 Å². The summed E-state index contributed by atoms with van der Waals surface area (Å²) in [4.78, 5) is 21.3. The van der Waals surface area contributed by atoms with E-state index in [9.17, 15) is 14.9 Å². The number of ether oxygens (including phenoxy) is 1. The number of nitrogens with zero attached hydrogens (tertiary/aromatic N) is 1. The van der Waals surface area contributed by atoms with Gasteiger partial charge in [0, 0.05) is 9.95 Å². The van der Waals surface area contributed by atoms with Gasteiger partial charge in [-0.25, -0.2) is 0 Å². The minimum atomic E-state index is -0.564. The van der Waals surface area contributed by atoms with Gasteiger partial charge in [0.15, 0.2) is 0 Å². The third-order valence-corrected chi connectivity index (χ3v) is 2.70. The van der Waals surface area contributed by atoms with E-state index in [1.807, 2.05) is 0 Å². The molecule has 0 aliphatic rings. The summed E-state index contributed by atoms with van der Waals surface area (Å²) in [5, 5.41) is 11.0. The first-order chi connectivity index (χ1) is 8.04. The highest BCUT2D eigenvalue weighted by Crippen LogP contribution is 2.27. The number of carbonyl (C=O) groups is 1. The van der Waals surface area contributed by atoms with Crippen molar-refractivity contribution in [2.45, 2.75) is 12.3 Å². The lowest BCUT2D eigenvalue weighted by molar-refractivity contribution is -0.483. The summed E-state index contributed by atoms with van der Waals surface area (Å²) in [5.41, 5.74) is 0.594. The van der Waals surface area contributed by atoms with Crippen LogP contribution in [0.2, 0.25) is 5.02 Å². The molecule has 6 heteroatoms. The van der Waals surface area contributed by atoms with E-state index in [1.165, 1.54) is 7.11 Å². The Hall–Kier alpha value is -1.62. The second-order valence-electron chi connectivity index (χ2n) is 3.51. The van der Waals surface area contributed by atoms with Gasteiger partial charge in [-0.15, -0.1) is 0 Å². The van der Waals surface area contributed by atoms with Gasteiger partial charge in [-0.1, -0.05) is 29.8 Å². The second kappa shape index (κ2) is 6.20. The summed E-state index contributed by atoms with van der Waals surface area (Å²) in [6.07, 6.45) is -0.0544. The summed E-state index contributed by atoms with van der Waals surface area (Å²) in [6, 6.07) is 6.78. The average molecular weight is 258 g/mol. The predicted molar refractivity (Wildman–Crippen MR) is 62.7 cm³/mol. The molecule has 1 rings (SSSR count). The molecule has 92 valence electrons. The standard InChI is InChI=1S/C11H12ClNO4/c1-17-11(14)6-8(7-13(15)16)9-4-2-3-5-10(9)12/h2-5,8H,6-7H2,1H3. The monoisotopic (exact) mass is 257 g/mol. The van der Waals surface area contributed by atoms with Crippen LogP contribution in [0.4, 0.5) is 0 Å². The molecule has 0 aromatic heterocycles. The van der Waals surface area contributed by atoms with E-state index in [-0.39, 0.29) is 13.0 Å². The van der Waals surface area contributed by atoms with Gasteiger partial charge >= 0.3 is 5.97 Å². The van der Waals surface area contributed by atoms with Crippen molar-refractivity contribution in [2.24, 2.45) is 0 Å². The Labute approximate surface area is 103 Å². The number of esters is 1. The first-order valence-corrected chi connectivity index (χ1v) is 5.35. The molecular weight excluding hydrogens is 246 g/mol. The quantitative estimate of drug-likeness (QED) is 0.461. The van der Waals surface area contributed by atoms with Crippen LogP contribution in [0.1, 0.15) is 17.9 Å². The molecular formula is C11H12ClNO4. The van der Waals surface area contributed by atoms with Crippen LogP contribution >= 0.6 is 11.6 Å². The molecule has 0 fully saturated rings. The highest BCUT2D eigenvalue weighted by Gasteiger charge is 2.23. The Bertz CT molecular complexity index is 422. The topological polar surface area (TPSA) is 69.4 Å². The van der Waals surface area contributed by atoms with Gasteiger partial charge in [0.25, 0.3) is 0 Å². The summed E-state index contributed by atoms with van der Waals surface area (Å²) >= 11 is 5.95. The molecule has 0 saturated carbocycles. The van der Waals surface area contributed by atoms with E-state index in [0.29, 0.717) is 10.6 Å². The SMILES string of the molecule is COC(=O)CC(C[N+](=O)[O-])c1ccccc1Cl. The second-order valence-corrected chi connectivity index (χ2v) is 3.92. The zero-order valence-electron chi connectivity index (χ0n) is 9.26. The van der Waals surface area contributed by atoms with Crippen molar-refractivity contribution in [1.29, 1.82) is 0 Å². The van der Waals surface area contributed by atoms with E-state index in [1.54, 1.807) is 24.3 Å². The Morgan fingerprint density at radius 1 is 1.53 bits per heavy atom. The molecule has 0 spiro atoms. The number of nitro groups is 1. The number of hydrogen-bond donors (Lipinski definition) is 0. The van der Waals surface area contributed by atoms with Crippen LogP contribution in [0.25, 0.3) is 0 Å². The summed E-state index contributed by atoms with van der Waals surface area (Å²) in [7, 11) is 1.25. The fourth-order valence-corrected chi connectivity index (χ4v) is 1.83. The van der Waals surface area contributed by atoms with Crippen LogP contribution in [-0.2, 0) is 9.53 Å². The maximum atomic E-state index is 11.2. The third kappa shape index (κ3) is 4.03. The fourth-order valence-electron chi connectivity index (χ4n) is 1.54. The molecule has 0 N–H and O–H groups in total. The third-order valence-electron chi connectivity index (χ3n) is 2.36. The summed E-state index contributed by atoms with van der Waals surface area (Å²) in [5.74, 6) is -1.05. The number of carbonyl (C=O) groups excluding carboxylic acids is 1. The van der Waals surface area contributed by atoms with Crippen molar-refractivity contribution >= 4 is 17.6 Å². The summed E-state index contributed by atoms with van der Waals surface area (Å²) in [6.45, 7) is -0.348. The van der Waals surface area contributed by atoms with E-state index in [0.717, 1.165) is 0 Å². The predicted octanol–water partition coefficient (Wildman–Crippen LogP) is 2.26. The van der Waals surface area contributed by atoms with Crippen LogP contribution in [-0.4, -0.2) is 24.5 Å². The molecule has 1 aromatic rings. The lowest BCUT2D eigenvalue weighted by Crippen LogP contribution is -2.17. The lowest BCUT2D eigenvalue weighted by atomic mass is 9.96. The first kappa shape index (κ1) is 13.4. The van der Waals surface area contributed by atoms with Gasteiger partial charge in [0.2, 0.25) is 6.54 Å². The number of hydrogen-bond acceptors (Lipinski definition) is 4. The minimum absolute atomic E-state index is 0.0544. The number of methoxy groups -OCH3 is 1. The molecule has 17 heavy (non-hydrogen) atoms. The molecule has 0 radical (unpaired) electrons. The van der Waals surface area contributed by atoms with Crippen LogP contribution in [0.5, 0.6) is 0 Å². The molecule has 0 amide bonds. The van der Waals surface area contributed by atoms with Crippen LogP contribution in [0, 0.1) is 10.1 Å². The Kier molecular flexibility index (Phi) is 4.90. The van der Waals surface area contributed by atoms with E-state index < -0.39 is 16.8 Å². The van der Waals surface area contributed by atoms with Crippen molar-refractivity contribution in [1.82, 2.24) is 0 Å². The molecule has 5 nitrogen and oxygen atoms in total. The van der Waals surface area contributed by atoms with Gasteiger partial charge in [-0.3, -0.25) is 14.9 Å². The van der Waals surface area contributed by atoms with Crippen molar-refractivity contribution in [3.63, 3.8) is 0 Å². The van der Waals surface area contributed by atoms with E-state index in [2.05, 4.69) is 4.74 Å². The zero-order valence-corrected chi connectivity index (χ0v) is 10.0. The Morgan fingerprint density at radius 3 is 2.71 bits per heavy atom. The van der Waals surface area contributed by atoms with E-state index >= 15 is 0 Å². The number of rotatable bonds is 5. The molecule has 1 atom stereocenters. The average Bonchev–Trinajstić information content (AvgIpc) is 2.28. The number of halogens is 1. The van der Waals surface area contributed by atoms with Gasteiger partial charge < -0.3 is 4.74 Å². The molecule has 1 unspecified atom stereocenters. The van der Waals surface area contributed by atoms with Gasteiger partial charge in [0.05, 0.1) is 19.4 Å². The zero-order chi connectivity index (χ0) is 12.8. The largest absolute Gasteiger partial charge is 0.469 e. The highest BCUT2D eigenvalue weighted by molar-refractivity contribution is 6.31. The smallest absolute Gasteiger partial charge is 0.306 e. The molecule has 1 aromatic carbocycles. The normalized spacial score (nSPS) is 11.9. The van der Waals surface area contributed by atoms with Crippen molar-refractivity contribution in [3.05, 3.63) is 45.0 Å². The molecule has 0 aliphatic carbocycles. The number of benzene rings is 1. The Balaban J connectivity index is 2.93. The van der Waals surface area contributed by atoms with Gasteiger partial charge in [-0.2, -0.15) is 0 Å². The van der Waals surface area contributed by atoms with Gasteiger partial charge in [0.1, 0.15) is 0 Å². The van der Waals surface area contributed by atoms with Crippen LogP contribution in [0.15, 0.2) is 24.3 Å².